The zero-order valence-electron chi connectivity index (χ0n) is 12.2. The molecule has 0 aliphatic carbocycles. The Balaban J connectivity index is 2.80. The van der Waals surface area contributed by atoms with Gasteiger partial charge in [0.2, 0.25) is 0 Å². The molecular weight excluding hydrogens is 222 g/mol. The Kier molecular flexibility index (Phi) is 3.42. The molecule has 0 N–H and O–H groups in total. The van der Waals surface area contributed by atoms with Gasteiger partial charge in [0.15, 0.2) is 0 Å². The third kappa shape index (κ3) is 2.02. The number of aromatic nitrogens is 3. The Hall–Kier alpha value is -1.38. The lowest BCUT2D eigenvalue weighted by molar-refractivity contribution is 0.730. The van der Waals surface area contributed by atoms with Gasteiger partial charge in [0.05, 0.1) is 11.2 Å². The molecule has 2 heterocycles. The standard InChI is InChI=1S/C15H23N3/c1-9(2)12-7-13-14(10(3)4)17-16-8-18(13)15(12)11(5)6/h7-11H,1-6H3. The summed E-state index contributed by atoms with van der Waals surface area (Å²) in [6, 6.07) is 2.30. The van der Waals surface area contributed by atoms with Crippen molar-refractivity contribution in [2.75, 3.05) is 0 Å². The first-order valence-corrected chi connectivity index (χ1v) is 6.79. The molecule has 0 amide bonds. The van der Waals surface area contributed by atoms with Gasteiger partial charge in [0.1, 0.15) is 6.33 Å². The lowest BCUT2D eigenvalue weighted by Gasteiger charge is -2.12. The van der Waals surface area contributed by atoms with Crippen molar-refractivity contribution in [2.45, 2.75) is 59.3 Å². The van der Waals surface area contributed by atoms with Crippen LogP contribution in [0.15, 0.2) is 12.4 Å². The number of hydrogen-bond donors (Lipinski definition) is 0. The first-order valence-electron chi connectivity index (χ1n) is 6.79. The third-order valence-corrected chi connectivity index (χ3v) is 3.42. The minimum absolute atomic E-state index is 0.399. The average Bonchev–Trinajstić information content (AvgIpc) is 2.67. The molecule has 2 rings (SSSR count). The lowest BCUT2D eigenvalue weighted by Crippen LogP contribution is -2.04. The molecule has 0 aliphatic rings. The van der Waals surface area contributed by atoms with Crippen molar-refractivity contribution in [3.05, 3.63) is 29.3 Å². The van der Waals surface area contributed by atoms with E-state index in [1.165, 1.54) is 16.8 Å². The van der Waals surface area contributed by atoms with E-state index in [0.717, 1.165) is 5.69 Å². The van der Waals surface area contributed by atoms with Gasteiger partial charge in [-0.3, -0.25) is 0 Å². The van der Waals surface area contributed by atoms with Gasteiger partial charge in [-0.25, -0.2) is 0 Å². The second-order valence-corrected chi connectivity index (χ2v) is 5.92. The maximum atomic E-state index is 4.31. The van der Waals surface area contributed by atoms with Crippen LogP contribution in [0.4, 0.5) is 0 Å². The molecule has 18 heavy (non-hydrogen) atoms. The van der Waals surface area contributed by atoms with Crippen LogP contribution in [-0.2, 0) is 0 Å². The molecular formula is C15H23N3. The minimum Gasteiger partial charge on any atom is -0.301 e. The fourth-order valence-electron chi connectivity index (χ4n) is 2.56. The summed E-state index contributed by atoms with van der Waals surface area (Å²) in [7, 11) is 0. The van der Waals surface area contributed by atoms with Crippen LogP contribution in [-0.4, -0.2) is 14.6 Å². The Morgan fingerprint density at radius 1 is 0.944 bits per heavy atom. The van der Waals surface area contributed by atoms with E-state index in [0.29, 0.717) is 17.8 Å². The summed E-state index contributed by atoms with van der Waals surface area (Å²) < 4.78 is 2.22. The number of rotatable bonds is 3. The molecule has 0 aliphatic heterocycles. The molecule has 0 saturated carbocycles. The van der Waals surface area contributed by atoms with Gasteiger partial charge in [-0.2, -0.15) is 5.10 Å². The molecule has 0 bridgehead atoms. The van der Waals surface area contributed by atoms with Crippen molar-refractivity contribution in [3.8, 4) is 0 Å². The Morgan fingerprint density at radius 2 is 1.61 bits per heavy atom. The molecule has 0 unspecified atom stereocenters. The Labute approximate surface area is 109 Å². The molecule has 0 atom stereocenters. The molecule has 0 fully saturated rings. The van der Waals surface area contributed by atoms with Gasteiger partial charge in [0.25, 0.3) is 0 Å². The average molecular weight is 245 g/mol. The van der Waals surface area contributed by atoms with E-state index in [1.807, 2.05) is 6.33 Å². The zero-order valence-corrected chi connectivity index (χ0v) is 12.2. The monoisotopic (exact) mass is 245 g/mol. The van der Waals surface area contributed by atoms with Crippen molar-refractivity contribution in [1.29, 1.82) is 0 Å². The van der Waals surface area contributed by atoms with Crippen LogP contribution in [0.25, 0.3) is 5.52 Å². The number of hydrogen-bond acceptors (Lipinski definition) is 2. The van der Waals surface area contributed by atoms with Crippen molar-refractivity contribution in [1.82, 2.24) is 14.6 Å². The van der Waals surface area contributed by atoms with E-state index < -0.39 is 0 Å². The van der Waals surface area contributed by atoms with Crippen LogP contribution in [0.3, 0.4) is 0 Å². The van der Waals surface area contributed by atoms with Gasteiger partial charge in [-0.15, -0.1) is 5.10 Å². The maximum Gasteiger partial charge on any atom is 0.122 e. The third-order valence-electron chi connectivity index (χ3n) is 3.42. The fourth-order valence-corrected chi connectivity index (χ4v) is 2.56. The van der Waals surface area contributed by atoms with E-state index in [4.69, 9.17) is 0 Å². The highest BCUT2D eigenvalue weighted by molar-refractivity contribution is 5.58. The van der Waals surface area contributed by atoms with Crippen LogP contribution in [0.1, 0.15) is 76.2 Å². The van der Waals surface area contributed by atoms with Crippen molar-refractivity contribution < 1.29 is 0 Å². The fraction of sp³-hybridized carbons (Fsp3) is 0.600. The summed E-state index contributed by atoms with van der Waals surface area (Å²) in [4.78, 5) is 0. The summed E-state index contributed by atoms with van der Waals surface area (Å²) in [6.45, 7) is 13.3. The molecule has 98 valence electrons. The van der Waals surface area contributed by atoms with Crippen LogP contribution < -0.4 is 0 Å². The molecule has 2 aromatic rings. The quantitative estimate of drug-likeness (QED) is 0.815. The second kappa shape index (κ2) is 4.71. The molecule has 3 nitrogen and oxygen atoms in total. The van der Waals surface area contributed by atoms with E-state index in [-0.39, 0.29) is 0 Å². The molecule has 0 spiro atoms. The first kappa shape index (κ1) is 13.1. The van der Waals surface area contributed by atoms with E-state index in [9.17, 15) is 0 Å². The summed E-state index contributed by atoms with van der Waals surface area (Å²) in [6.07, 6.45) is 1.85. The topological polar surface area (TPSA) is 30.2 Å². The predicted octanol–water partition coefficient (Wildman–Crippen LogP) is 4.10. The van der Waals surface area contributed by atoms with Gasteiger partial charge < -0.3 is 4.40 Å². The summed E-state index contributed by atoms with van der Waals surface area (Å²) in [5.74, 6) is 1.42. The van der Waals surface area contributed by atoms with Gasteiger partial charge in [0, 0.05) is 5.69 Å². The predicted molar refractivity (Wildman–Crippen MR) is 75.3 cm³/mol. The maximum absolute atomic E-state index is 4.31. The molecule has 0 aromatic carbocycles. The summed E-state index contributed by atoms with van der Waals surface area (Å²) >= 11 is 0. The summed E-state index contributed by atoms with van der Waals surface area (Å²) in [5, 5.41) is 8.47. The van der Waals surface area contributed by atoms with Crippen LogP contribution in [0.5, 0.6) is 0 Å². The van der Waals surface area contributed by atoms with E-state index in [2.05, 4.69) is 62.2 Å². The zero-order chi connectivity index (χ0) is 13.4. The molecule has 3 heteroatoms. The van der Waals surface area contributed by atoms with Crippen LogP contribution in [0, 0.1) is 0 Å². The van der Waals surface area contributed by atoms with Crippen molar-refractivity contribution in [2.24, 2.45) is 0 Å². The van der Waals surface area contributed by atoms with Crippen LogP contribution >= 0.6 is 0 Å². The normalized spacial score (nSPS) is 12.3. The van der Waals surface area contributed by atoms with Gasteiger partial charge in [-0.05, 0) is 29.4 Å². The van der Waals surface area contributed by atoms with E-state index in [1.54, 1.807) is 0 Å². The van der Waals surface area contributed by atoms with Gasteiger partial charge >= 0.3 is 0 Å². The minimum atomic E-state index is 0.399. The van der Waals surface area contributed by atoms with Gasteiger partial charge in [-0.1, -0.05) is 41.5 Å². The SMILES string of the molecule is CC(C)c1cc2c(C(C)C)nncn2c1C(C)C. The largest absolute Gasteiger partial charge is 0.301 e. The van der Waals surface area contributed by atoms with Crippen molar-refractivity contribution >= 4 is 5.52 Å². The second-order valence-electron chi connectivity index (χ2n) is 5.92. The Bertz CT molecular complexity index is 550. The molecule has 2 aromatic heterocycles. The van der Waals surface area contributed by atoms with E-state index >= 15 is 0 Å². The number of nitrogens with zero attached hydrogens (tertiary/aromatic N) is 3. The highest BCUT2D eigenvalue weighted by Gasteiger charge is 2.19. The highest BCUT2D eigenvalue weighted by Crippen LogP contribution is 2.31. The molecule has 0 saturated heterocycles. The Morgan fingerprint density at radius 3 is 2.11 bits per heavy atom. The van der Waals surface area contributed by atoms with Crippen molar-refractivity contribution in [3.63, 3.8) is 0 Å². The number of fused-ring (bicyclic) bond motifs is 1. The highest BCUT2D eigenvalue weighted by atomic mass is 15.2. The van der Waals surface area contributed by atoms with Crippen LogP contribution in [0.2, 0.25) is 0 Å². The first-order chi connectivity index (χ1) is 8.43. The molecule has 0 radical (unpaired) electrons. The summed E-state index contributed by atoms with van der Waals surface area (Å²) in [5.41, 5.74) is 5.09. The smallest absolute Gasteiger partial charge is 0.122 e. The lowest BCUT2D eigenvalue weighted by atomic mass is 9.97.